The van der Waals surface area contributed by atoms with Gasteiger partial charge >= 0.3 is 0 Å². The molecule has 0 atom stereocenters. The lowest BCUT2D eigenvalue weighted by Crippen LogP contribution is -2.25. The number of halogens is 2. The average molecular weight is 381 g/mol. The van der Waals surface area contributed by atoms with Crippen LogP contribution in [0.4, 0.5) is 8.78 Å². The van der Waals surface area contributed by atoms with Crippen LogP contribution in [0.2, 0.25) is 0 Å². The Kier molecular flexibility index (Phi) is 4.60. The van der Waals surface area contributed by atoms with E-state index in [0.29, 0.717) is 16.9 Å². The Bertz CT molecular complexity index is 1130. The SMILES string of the molecule is Cn1c(C(=O)NCc2ccccc2C(F)F)cc2ccc(-c3cn[nH]c3)nc21. The number of aromatic amines is 1. The molecule has 0 aliphatic rings. The summed E-state index contributed by atoms with van der Waals surface area (Å²) in [6, 6.07) is 11.6. The lowest BCUT2D eigenvalue weighted by Gasteiger charge is -2.10. The van der Waals surface area contributed by atoms with Crippen molar-refractivity contribution in [1.29, 1.82) is 0 Å². The second-order valence-electron chi connectivity index (χ2n) is 6.37. The summed E-state index contributed by atoms with van der Waals surface area (Å²) in [6.45, 7) is 0.0224. The van der Waals surface area contributed by atoms with Crippen molar-refractivity contribution in [2.75, 3.05) is 0 Å². The van der Waals surface area contributed by atoms with Crippen LogP contribution in [0.15, 0.2) is 54.9 Å². The molecule has 4 aromatic rings. The molecule has 3 heterocycles. The lowest BCUT2D eigenvalue weighted by atomic mass is 10.1. The topological polar surface area (TPSA) is 75.6 Å². The Morgan fingerprint density at radius 1 is 1.25 bits per heavy atom. The smallest absolute Gasteiger partial charge is 0.268 e. The number of carbonyl (C=O) groups is 1. The van der Waals surface area contributed by atoms with Crippen molar-refractivity contribution in [2.45, 2.75) is 13.0 Å². The summed E-state index contributed by atoms with van der Waals surface area (Å²) >= 11 is 0. The molecule has 0 saturated carbocycles. The Balaban J connectivity index is 1.59. The lowest BCUT2D eigenvalue weighted by molar-refractivity contribution is 0.0941. The standard InChI is InChI=1S/C20H17F2N5O/c1-27-17(20(28)23-9-13-4-2-3-5-15(13)18(21)22)8-12-6-7-16(26-19(12)27)14-10-24-25-11-14/h2-8,10-11,18H,9H2,1H3,(H,23,28)(H,24,25). The highest BCUT2D eigenvalue weighted by atomic mass is 19.3. The number of H-pyrrole nitrogens is 1. The first kappa shape index (κ1) is 17.8. The molecule has 28 heavy (non-hydrogen) atoms. The van der Waals surface area contributed by atoms with Crippen molar-refractivity contribution >= 4 is 16.9 Å². The minimum atomic E-state index is -2.59. The minimum Gasteiger partial charge on any atom is -0.347 e. The predicted molar refractivity (Wildman–Crippen MR) is 101 cm³/mol. The number of rotatable bonds is 5. The highest BCUT2D eigenvalue weighted by Gasteiger charge is 2.17. The maximum Gasteiger partial charge on any atom is 0.268 e. The van der Waals surface area contributed by atoms with Gasteiger partial charge in [-0.25, -0.2) is 13.8 Å². The zero-order valence-electron chi connectivity index (χ0n) is 15.0. The first-order chi connectivity index (χ1) is 13.5. The van der Waals surface area contributed by atoms with E-state index >= 15 is 0 Å². The van der Waals surface area contributed by atoms with E-state index in [4.69, 9.17) is 0 Å². The normalized spacial score (nSPS) is 11.3. The Morgan fingerprint density at radius 3 is 2.82 bits per heavy atom. The van der Waals surface area contributed by atoms with Gasteiger partial charge in [0.15, 0.2) is 0 Å². The van der Waals surface area contributed by atoms with Crippen LogP contribution in [-0.4, -0.2) is 25.7 Å². The maximum absolute atomic E-state index is 13.1. The summed E-state index contributed by atoms with van der Waals surface area (Å²) in [5.74, 6) is -0.352. The van der Waals surface area contributed by atoms with Crippen LogP contribution >= 0.6 is 0 Å². The number of pyridine rings is 1. The molecule has 8 heteroatoms. The second kappa shape index (κ2) is 7.22. The Labute approximate surface area is 159 Å². The van der Waals surface area contributed by atoms with Crippen molar-refractivity contribution in [3.05, 3.63) is 71.7 Å². The first-order valence-electron chi connectivity index (χ1n) is 8.64. The molecular weight excluding hydrogens is 364 g/mol. The molecule has 1 amide bonds. The number of alkyl halides is 2. The number of nitrogens with zero attached hydrogens (tertiary/aromatic N) is 3. The van der Waals surface area contributed by atoms with E-state index in [-0.39, 0.29) is 18.0 Å². The number of hydrogen-bond acceptors (Lipinski definition) is 3. The van der Waals surface area contributed by atoms with Gasteiger partial charge in [-0.15, -0.1) is 0 Å². The van der Waals surface area contributed by atoms with E-state index in [2.05, 4.69) is 20.5 Å². The van der Waals surface area contributed by atoms with Gasteiger partial charge < -0.3 is 9.88 Å². The van der Waals surface area contributed by atoms with Gasteiger partial charge in [0.25, 0.3) is 12.3 Å². The highest BCUT2D eigenvalue weighted by Crippen LogP contribution is 2.24. The van der Waals surface area contributed by atoms with Crippen LogP contribution in [-0.2, 0) is 13.6 Å². The van der Waals surface area contributed by atoms with Crippen LogP contribution in [0.25, 0.3) is 22.3 Å². The Hall–Kier alpha value is -3.55. The van der Waals surface area contributed by atoms with Crippen molar-refractivity contribution in [3.63, 3.8) is 0 Å². The van der Waals surface area contributed by atoms with Crippen LogP contribution in [0.5, 0.6) is 0 Å². The van der Waals surface area contributed by atoms with Gasteiger partial charge in [0.05, 0.1) is 11.9 Å². The van der Waals surface area contributed by atoms with E-state index in [0.717, 1.165) is 16.6 Å². The molecule has 0 unspecified atom stereocenters. The number of amides is 1. The zero-order chi connectivity index (χ0) is 19.7. The molecule has 2 N–H and O–H groups in total. The van der Waals surface area contributed by atoms with Gasteiger partial charge in [0.2, 0.25) is 0 Å². The molecule has 142 valence electrons. The van der Waals surface area contributed by atoms with Crippen LogP contribution in [0.3, 0.4) is 0 Å². The molecule has 0 fully saturated rings. The molecule has 0 aliphatic heterocycles. The number of hydrogen-bond donors (Lipinski definition) is 2. The molecule has 3 aromatic heterocycles. The molecule has 0 aliphatic carbocycles. The minimum absolute atomic E-state index is 0.0224. The fourth-order valence-electron chi connectivity index (χ4n) is 3.14. The highest BCUT2D eigenvalue weighted by molar-refractivity contribution is 5.98. The van der Waals surface area contributed by atoms with Gasteiger partial charge in [-0.2, -0.15) is 5.10 Å². The van der Waals surface area contributed by atoms with Crippen molar-refractivity contribution < 1.29 is 13.6 Å². The van der Waals surface area contributed by atoms with Gasteiger partial charge in [-0.3, -0.25) is 9.89 Å². The maximum atomic E-state index is 13.1. The quantitative estimate of drug-likeness (QED) is 0.552. The van der Waals surface area contributed by atoms with E-state index in [9.17, 15) is 13.6 Å². The third-order valence-corrected chi connectivity index (χ3v) is 4.63. The van der Waals surface area contributed by atoms with Gasteiger partial charge in [0.1, 0.15) is 11.3 Å². The van der Waals surface area contributed by atoms with E-state index in [1.807, 2.05) is 12.1 Å². The summed E-state index contributed by atoms with van der Waals surface area (Å²) in [5.41, 5.74) is 2.95. The van der Waals surface area contributed by atoms with Crippen LogP contribution in [0.1, 0.15) is 28.0 Å². The van der Waals surface area contributed by atoms with Crippen molar-refractivity contribution in [1.82, 2.24) is 25.1 Å². The summed E-state index contributed by atoms with van der Waals surface area (Å²) < 4.78 is 27.9. The number of nitrogens with one attached hydrogen (secondary N) is 2. The molecule has 1 aromatic carbocycles. The second-order valence-corrected chi connectivity index (χ2v) is 6.37. The average Bonchev–Trinajstić information content (AvgIpc) is 3.34. The fraction of sp³-hybridized carbons (Fsp3) is 0.150. The fourth-order valence-corrected chi connectivity index (χ4v) is 3.14. The molecule has 0 bridgehead atoms. The van der Waals surface area contributed by atoms with Crippen LogP contribution in [0, 0.1) is 0 Å². The van der Waals surface area contributed by atoms with Crippen LogP contribution < -0.4 is 5.32 Å². The first-order valence-corrected chi connectivity index (χ1v) is 8.64. The van der Waals surface area contributed by atoms with Gasteiger partial charge in [-0.05, 0) is 23.8 Å². The summed E-state index contributed by atoms with van der Waals surface area (Å²) in [6.07, 6.45) is 0.826. The number of benzene rings is 1. The summed E-state index contributed by atoms with van der Waals surface area (Å²) in [4.78, 5) is 17.2. The molecular formula is C20H17F2N5O. The molecule has 0 radical (unpaired) electrons. The number of aromatic nitrogens is 4. The predicted octanol–water partition coefficient (Wildman–Crippen LogP) is 3.83. The number of carbonyl (C=O) groups excluding carboxylic acids is 1. The number of aryl methyl sites for hydroxylation is 1. The van der Waals surface area contributed by atoms with Crippen molar-refractivity contribution in [2.24, 2.45) is 7.05 Å². The van der Waals surface area contributed by atoms with E-state index in [1.54, 1.807) is 48.3 Å². The number of fused-ring (bicyclic) bond motifs is 1. The molecule has 0 saturated heterocycles. The van der Waals surface area contributed by atoms with E-state index in [1.165, 1.54) is 6.07 Å². The summed E-state index contributed by atoms with van der Waals surface area (Å²) in [7, 11) is 1.75. The van der Waals surface area contributed by atoms with Crippen molar-refractivity contribution in [3.8, 4) is 11.3 Å². The molecule has 4 rings (SSSR count). The van der Waals surface area contributed by atoms with Gasteiger partial charge in [0, 0.05) is 36.3 Å². The molecule has 6 nitrogen and oxygen atoms in total. The zero-order valence-corrected chi connectivity index (χ0v) is 15.0. The van der Waals surface area contributed by atoms with Gasteiger partial charge in [-0.1, -0.05) is 24.3 Å². The van der Waals surface area contributed by atoms with E-state index < -0.39 is 6.43 Å². The molecule has 0 spiro atoms. The largest absolute Gasteiger partial charge is 0.347 e. The third kappa shape index (κ3) is 3.24. The summed E-state index contributed by atoms with van der Waals surface area (Å²) in [5, 5.41) is 10.2. The monoisotopic (exact) mass is 381 g/mol. The third-order valence-electron chi connectivity index (χ3n) is 4.63. The Morgan fingerprint density at radius 2 is 2.07 bits per heavy atom.